The van der Waals surface area contributed by atoms with Crippen LogP contribution in [0.3, 0.4) is 0 Å². The highest BCUT2D eigenvalue weighted by Gasteiger charge is 2.16. The van der Waals surface area contributed by atoms with Crippen LogP contribution in [0.25, 0.3) is 0 Å². The third kappa shape index (κ3) is 5.51. The molecule has 3 nitrogen and oxygen atoms in total. The van der Waals surface area contributed by atoms with Gasteiger partial charge in [0.2, 0.25) is 5.91 Å². The van der Waals surface area contributed by atoms with Gasteiger partial charge in [0, 0.05) is 11.4 Å². The highest BCUT2D eigenvalue weighted by Crippen LogP contribution is 2.26. The lowest BCUT2D eigenvalue weighted by Gasteiger charge is -2.18. The van der Waals surface area contributed by atoms with E-state index in [2.05, 4.69) is 16.7 Å². The van der Waals surface area contributed by atoms with Crippen LogP contribution in [0.15, 0.2) is 53.4 Å². The molecule has 0 saturated carbocycles. The first-order valence-electron chi connectivity index (χ1n) is 9.19. The number of benzene rings is 1. The number of thiophene rings is 1. The predicted molar refractivity (Wildman–Crippen MR) is 105 cm³/mol. The van der Waals surface area contributed by atoms with Crippen LogP contribution in [-0.2, 0) is 4.79 Å². The summed E-state index contributed by atoms with van der Waals surface area (Å²) in [5.41, 5.74) is 2.42. The second-order valence-corrected chi connectivity index (χ2v) is 7.57. The lowest BCUT2D eigenvalue weighted by molar-refractivity contribution is -0.120. The maximum Gasteiger partial charge on any atom is 0.233 e. The van der Waals surface area contributed by atoms with E-state index >= 15 is 0 Å². The lowest BCUT2D eigenvalue weighted by Crippen LogP contribution is -2.36. The van der Waals surface area contributed by atoms with Gasteiger partial charge in [-0.05, 0) is 61.2 Å². The van der Waals surface area contributed by atoms with E-state index in [9.17, 15) is 9.18 Å². The maximum atomic E-state index is 13.2. The van der Waals surface area contributed by atoms with Crippen molar-refractivity contribution in [1.82, 2.24) is 10.6 Å². The van der Waals surface area contributed by atoms with Gasteiger partial charge in [0.15, 0.2) is 0 Å². The molecule has 1 aromatic heterocycles. The first-order chi connectivity index (χ1) is 12.7. The van der Waals surface area contributed by atoms with Gasteiger partial charge in [-0.15, -0.1) is 11.3 Å². The van der Waals surface area contributed by atoms with Crippen molar-refractivity contribution in [3.05, 3.63) is 69.7 Å². The molecule has 1 unspecified atom stereocenters. The number of hydrogen-bond acceptors (Lipinski definition) is 3. The normalized spacial score (nSPS) is 15.3. The molecule has 1 aromatic carbocycles. The summed E-state index contributed by atoms with van der Waals surface area (Å²) in [7, 11) is 0. The molecule has 2 N–H and O–H groups in total. The van der Waals surface area contributed by atoms with Crippen molar-refractivity contribution in [1.29, 1.82) is 0 Å². The van der Waals surface area contributed by atoms with E-state index in [1.807, 2.05) is 17.5 Å². The molecule has 0 spiro atoms. The number of hydrogen-bond donors (Lipinski definition) is 2. The highest BCUT2D eigenvalue weighted by molar-refractivity contribution is 7.10. The van der Waals surface area contributed by atoms with Gasteiger partial charge in [0.25, 0.3) is 0 Å². The molecule has 138 valence electrons. The van der Waals surface area contributed by atoms with Gasteiger partial charge in [-0.1, -0.05) is 29.8 Å². The Balaban J connectivity index is 1.51. The minimum absolute atomic E-state index is 0.00919. The van der Waals surface area contributed by atoms with Crippen LogP contribution in [0, 0.1) is 5.82 Å². The summed E-state index contributed by atoms with van der Waals surface area (Å²) >= 11 is 1.62. The Hall–Kier alpha value is -1.98. The Labute approximate surface area is 158 Å². The summed E-state index contributed by atoms with van der Waals surface area (Å²) in [4.78, 5) is 13.3. The minimum atomic E-state index is -0.256. The number of carbonyl (C=O) groups excluding carboxylic acids is 1. The van der Waals surface area contributed by atoms with Crippen LogP contribution < -0.4 is 10.6 Å². The van der Waals surface area contributed by atoms with Crippen LogP contribution >= 0.6 is 11.3 Å². The molecular formula is C21H25FN2OS. The van der Waals surface area contributed by atoms with E-state index in [-0.39, 0.29) is 24.3 Å². The molecule has 0 aliphatic heterocycles. The fourth-order valence-corrected chi connectivity index (χ4v) is 4.07. The summed E-state index contributed by atoms with van der Waals surface area (Å²) in [6.07, 6.45) is 8.15. The molecule has 2 aromatic rings. The van der Waals surface area contributed by atoms with E-state index in [1.54, 1.807) is 23.5 Å². The van der Waals surface area contributed by atoms with Crippen molar-refractivity contribution in [2.24, 2.45) is 0 Å². The monoisotopic (exact) mass is 372 g/mol. The molecule has 3 rings (SSSR count). The van der Waals surface area contributed by atoms with Crippen LogP contribution in [0.2, 0.25) is 0 Å². The Kier molecular flexibility index (Phi) is 6.97. The average molecular weight is 373 g/mol. The zero-order chi connectivity index (χ0) is 18.2. The number of nitrogens with one attached hydrogen (secondary N) is 2. The molecular weight excluding hydrogens is 347 g/mol. The van der Waals surface area contributed by atoms with E-state index in [0.717, 1.165) is 16.9 Å². The van der Waals surface area contributed by atoms with Gasteiger partial charge in [-0.3, -0.25) is 10.1 Å². The minimum Gasteiger partial charge on any atom is -0.355 e. The second-order valence-electron chi connectivity index (χ2n) is 6.59. The molecule has 1 aliphatic carbocycles. The summed E-state index contributed by atoms with van der Waals surface area (Å²) in [6, 6.07) is 10.3. The van der Waals surface area contributed by atoms with Crippen molar-refractivity contribution < 1.29 is 9.18 Å². The van der Waals surface area contributed by atoms with Crippen molar-refractivity contribution in [3.63, 3.8) is 0 Å². The quantitative estimate of drug-likeness (QED) is 0.666. The Morgan fingerprint density at radius 2 is 2.04 bits per heavy atom. The molecule has 1 atom stereocenters. The number of allylic oxidation sites excluding steroid dienone is 1. The van der Waals surface area contributed by atoms with Crippen molar-refractivity contribution >= 4 is 17.2 Å². The number of carbonyl (C=O) groups is 1. The predicted octanol–water partition coefficient (Wildman–Crippen LogP) is 4.57. The summed E-state index contributed by atoms with van der Waals surface area (Å²) < 4.78 is 13.2. The highest BCUT2D eigenvalue weighted by atomic mass is 32.1. The molecule has 1 aliphatic rings. The molecule has 1 heterocycles. The molecule has 0 bridgehead atoms. The molecule has 0 fully saturated rings. The first kappa shape index (κ1) is 18.8. The van der Waals surface area contributed by atoms with Crippen LogP contribution in [0.4, 0.5) is 4.39 Å². The number of rotatable bonds is 8. The molecule has 0 saturated heterocycles. The Morgan fingerprint density at radius 1 is 1.19 bits per heavy atom. The van der Waals surface area contributed by atoms with Gasteiger partial charge >= 0.3 is 0 Å². The molecule has 5 heteroatoms. The van der Waals surface area contributed by atoms with E-state index in [0.29, 0.717) is 6.54 Å². The third-order valence-corrected chi connectivity index (χ3v) is 5.59. The van der Waals surface area contributed by atoms with Gasteiger partial charge < -0.3 is 5.32 Å². The van der Waals surface area contributed by atoms with E-state index in [4.69, 9.17) is 0 Å². The van der Waals surface area contributed by atoms with E-state index in [1.165, 1.54) is 43.4 Å². The fourth-order valence-electron chi connectivity index (χ4n) is 3.24. The van der Waals surface area contributed by atoms with Gasteiger partial charge in [-0.2, -0.15) is 0 Å². The standard InChI is InChI=1S/C21H25FN2OS/c22-18-10-8-17(9-11-18)21(19-7-4-14-26-19)24-15-20(25)23-13-12-16-5-2-1-3-6-16/h4-5,7-11,14,21,24H,1-3,6,12-13,15H2,(H,23,25). The molecule has 1 amide bonds. The zero-order valence-electron chi connectivity index (χ0n) is 14.8. The topological polar surface area (TPSA) is 41.1 Å². The van der Waals surface area contributed by atoms with Crippen LogP contribution in [-0.4, -0.2) is 19.0 Å². The number of amides is 1. The van der Waals surface area contributed by atoms with Crippen molar-refractivity contribution in [2.75, 3.05) is 13.1 Å². The average Bonchev–Trinajstić information content (AvgIpc) is 3.19. The van der Waals surface area contributed by atoms with Gasteiger partial charge in [0.1, 0.15) is 5.82 Å². The number of halogens is 1. The first-order valence-corrected chi connectivity index (χ1v) is 10.1. The SMILES string of the molecule is O=C(CNC(c1ccc(F)cc1)c1cccs1)NCCC1=CCCCC1. The molecule has 0 radical (unpaired) electrons. The second kappa shape index (κ2) is 9.64. The van der Waals surface area contributed by atoms with Crippen molar-refractivity contribution in [2.45, 2.75) is 38.1 Å². The van der Waals surface area contributed by atoms with Crippen molar-refractivity contribution in [3.8, 4) is 0 Å². The Morgan fingerprint density at radius 3 is 2.73 bits per heavy atom. The third-order valence-electron chi connectivity index (χ3n) is 4.65. The van der Waals surface area contributed by atoms with Crippen LogP contribution in [0.1, 0.15) is 48.6 Å². The van der Waals surface area contributed by atoms with Gasteiger partial charge in [0.05, 0.1) is 12.6 Å². The Bertz CT molecular complexity index is 725. The molecule has 26 heavy (non-hydrogen) atoms. The summed E-state index contributed by atoms with van der Waals surface area (Å²) in [5.74, 6) is -0.265. The van der Waals surface area contributed by atoms with E-state index < -0.39 is 0 Å². The van der Waals surface area contributed by atoms with Crippen LogP contribution in [0.5, 0.6) is 0 Å². The summed E-state index contributed by atoms with van der Waals surface area (Å²) in [6.45, 7) is 0.922. The fraction of sp³-hybridized carbons (Fsp3) is 0.381. The summed E-state index contributed by atoms with van der Waals surface area (Å²) in [5, 5.41) is 8.31. The lowest BCUT2D eigenvalue weighted by atomic mass is 9.97. The smallest absolute Gasteiger partial charge is 0.233 e. The van der Waals surface area contributed by atoms with Gasteiger partial charge in [-0.25, -0.2) is 4.39 Å². The maximum absolute atomic E-state index is 13.2. The zero-order valence-corrected chi connectivity index (χ0v) is 15.7. The largest absolute Gasteiger partial charge is 0.355 e.